The molecule has 5 nitrogen and oxygen atoms in total. The van der Waals surface area contributed by atoms with Gasteiger partial charge in [-0.25, -0.2) is 0 Å². The SMILES string of the molecule is CCCS(=O)(=O)O.NCCO. The average molecular weight is 185 g/mol. The van der Waals surface area contributed by atoms with Crippen LogP contribution in [0.5, 0.6) is 0 Å². The molecule has 0 aliphatic rings. The van der Waals surface area contributed by atoms with E-state index in [1.165, 1.54) is 0 Å². The molecule has 0 spiro atoms. The van der Waals surface area contributed by atoms with Crippen LogP contribution in [-0.4, -0.2) is 37.0 Å². The van der Waals surface area contributed by atoms with E-state index in [4.69, 9.17) is 15.4 Å². The molecule has 0 saturated carbocycles. The van der Waals surface area contributed by atoms with Gasteiger partial charge in [-0.05, 0) is 6.42 Å². The van der Waals surface area contributed by atoms with E-state index in [1.807, 2.05) is 0 Å². The molecule has 11 heavy (non-hydrogen) atoms. The molecule has 0 rings (SSSR count). The van der Waals surface area contributed by atoms with Gasteiger partial charge >= 0.3 is 0 Å². The van der Waals surface area contributed by atoms with Crippen molar-refractivity contribution in [2.24, 2.45) is 5.73 Å². The van der Waals surface area contributed by atoms with E-state index in [-0.39, 0.29) is 12.4 Å². The van der Waals surface area contributed by atoms with E-state index in [0.717, 1.165) is 0 Å². The van der Waals surface area contributed by atoms with Crippen LogP contribution < -0.4 is 5.73 Å². The zero-order valence-corrected chi connectivity index (χ0v) is 7.34. The maximum atomic E-state index is 9.79. The second kappa shape index (κ2) is 7.93. The third-order valence-electron chi connectivity index (χ3n) is 0.591. The molecule has 0 amide bonds. The minimum absolute atomic E-state index is 0.0972. The minimum atomic E-state index is -3.67. The molecule has 0 fully saturated rings. The minimum Gasteiger partial charge on any atom is -0.395 e. The molecule has 0 heterocycles. The van der Waals surface area contributed by atoms with Crippen molar-refractivity contribution >= 4 is 10.1 Å². The Bertz CT molecular complexity index is 152. The smallest absolute Gasteiger partial charge is 0.264 e. The van der Waals surface area contributed by atoms with Crippen LogP contribution in [-0.2, 0) is 10.1 Å². The van der Waals surface area contributed by atoms with Crippen molar-refractivity contribution in [2.45, 2.75) is 13.3 Å². The van der Waals surface area contributed by atoms with Gasteiger partial charge in [0.1, 0.15) is 0 Å². The Balaban J connectivity index is 0. The van der Waals surface area contributed by atoms with E-state index < -0.39 is 10.1 Å². The monoisotopic (exact) mass is 185 g/mol. The quantitative estimate of drug-likeness (QED) is 0.501. The fourth-order valence-electron chi connectivity index (χ4n) is 0.258. The van der Waals surface area contributed by atoms with Crippen molar-refractivity contribution in [3.8, 4) is 0 Å². The maximum absolute atomic E-state index is 9.79. The first-order valence-corrected chi connectivity index (χ1v) is 4.85. The highest BCUT2D eigenvalue weighted by atomic mass is 32.2. The lowest BCUT2D eigenvalue weighted by molar-refractivity contribution is 0.306. The fourth-order valence-corrected chi connectivity index (χ4v) is 0.774. The number of nitrogens with two attached hydrogens (primary N) is 1. The zero-order valence-electron chi connectivity index (χ0n) is 6.52. The van der Waals surface area contributed by atoms with Crippen molar-refractivity contribution in [2.75, 3.05) is 18.9 Å². The highest BCUT2D eigenvalue weighted by Crippen LogP contribution is 1.83. The van der Waals surface area contributed by atoms with Gasteiger partial charge in [0.15, 0.2) is 0 Å². The van der Waals surface area contributed by atoms with Crippen LogP contribution in [0.3, 0.4) is 0 Å². The van der Waals surface area contributed by atoms with Gasteiger partial charge in [0.25, 0.3) is 10.1 Å². The molecule has 0 aromatic carbocycles. The average Bonchev–Trinajstić information content (AvgIpc) is 1.86. The van der Waals surface area contributed by atoms with E-state index in [9.17, 15) is 8.42 Å². The maximum Gasteiger partial charge on any atom is 0.264 e. The molecule has 0 aliphatic carbocycles. The predicted molar refractivity (Wildman–Crippen MR) is 42.8 cm³/mol. The molecular formula is C5H15NO4S. The molecule has 6 heteroatoms. The summed E-state index contributed by atoms with van der Waals surface area (Å²) in [6, 6.07) is 0. The third kappa shape index (κ3) is 25.8. The Morgan fingerprint density at radius 2 is 1.82 bits per heavy atom. The molecule has 70 valence electrons. The molecule has 0 unspecified atom stereocenters. The normalized spacial score (nSPS) is 10.2. The summed E-state index contributed by atoms with van der Waals surface area (Å²) in [7, 11) is -3.67. The van der Waals surface area contributed by atoms with Gasteiger partial charge in [-0.3, -0.25) is 4.55 Å². The summed E-state index contributed by atoms with van der Waals surface area (Å²) in [5.74, 6) is -0.132. The topological polar surface area (TPSA) is 101 Å². The molecule has 0 bridgehead atoms. The number of hydrogen-bond donors (Lipinski definition) is 3. The number of rotatable bonds is 3. The summed E-state index contributed by atoms with van der Waals surface area (Å²) in [5, 5.41) is 7.75. The van der Waals surface area contributed by atoms with Crippen LogP contribution in [0.4, 0.5) is 0 Å². The van der Waals surface area contributed by atoms with Gasteiger partial charge in [-0.1, -0.05) is 6.92 Å². The van der Waals surface area contributed by atoms with E-state index in [0.29, 0.717) is 13.0 Å². The Kier molecular flexibility index (Phi) is 9.68. The molecule has 0 aromatic heterocycles. The summed E-state index contributed by atoms with van der Waals surface area (Å²) in [6.07, 6.45) is 0.471. The van der Waals surface area contributed by atoms with Crippen LogP contribution in [0.2, 0.25) is 0 Å². The van der Waals surface area contributed by atoms with Crippen molar-refractivity contribution in [3.05, 3.63) is 0 Å². The summed E-state index contributed by atoms with van der Waals surface area (Å²) < 4.78 is 27.6. The summed E-state index contributed by atoms with van der Waals surface area (Å²) in [6.45, 7) is 2.16. The van der Waals surface area contributed by atoms with Crippen LogP contribution >= 0.6 is 0 Å². The van der Waals surface area contributed by atoms with Gasteiger partial charge < -0.3 is 10.8 Å². The first-order valence-electron chi connectivity index (χ1n) is 3.24. The molecule has 0 aromatic rings. The Morgan fingerprint density at radius 1 is 1.45 bits per heavy atom. The lowest BCUT2D eigenvalue weighted by atomic mass is 10.6. The molecule has 0 aliphatic heterocycles. The summed E-state index contributed by atoms with van der Waals surface area (Å²) in [5.41, 5.74) is 4.78. The van der Waals surface area contributed by atoms with E-state index >= 15 is 0 Å². The Morgan fingerprint density at radius 3 is 1.82 bits per heavy atom. The van der Waals surface area contributed by atoms with E-state index in [2.05, 4.69) is 0 Å². The van der Waals surface area contributed by atoms with Gasteiger partial charge in [0.2, 0.25) is 0 Å². The van der Waals surface area contributed by atoms with Crippen LogP contribution in [0.25, 0.3) is 0 Å². The lowest BCUT2D eigenvalue weighted by Crippen LogP contribution is -2.02. The largest absolute Gasteiger partial charge is 0.395 e. The summed E-state index contributed by atoms with van der Waals surface area (Å²) >= 11 is 0. The number of hydrogen-bond acceptors (Lipinski definition) is 4. The van der Waals surface area contributed by atoms with E-state index in [1.54, 1.807) is 6.92 Å². The van der Waals surface area contributed by atoms with Crippen LogP contribution in [0.15, 0.2) is 0 Å². The fraction of sp³-hybridized carbons (Fsp3) is 1.00. The Hall–Kier alpha value is -0.170. The number of aliphatic hydroxyl groups excluding tert-OH is 1. The number of aliphatic hydroxyl groups is 1. The molecule has 0 saturated heterocycles. The van der Waals surface area contributed by atoms with Crippen molar-refractivity contribution in [1.82, 2.24) is 0 Å². The molecule has 4 N–H and O–H groups in total. The molecular weight excluding hydrogens is 170 g/mol. The summed E-state index contributed by atoms with van der Waals surface area (Å²) in [4.78, 5) is 0. The van der Waals surface area contributed by atoms with Crippen LogP contribution in [0.1, 0.15) is 13.3 Å². The second-order valence-corrected chi connectivity index (χ2v) is 3.37. The van der Waals surface area contributed by atoms with Crippen LogP contribution in [0, 0.1) is 0 Å². The second-order valence-electron chi connectivity index (χ2n) is 1.80. The molecule has 0 atom stereocenters. The Labute approximate surface area is 67.0 Å². The molecule has 0 radical (unpaired) electrons. The standard InChI is InChI=1S/C3H8O3S.C2H7NO/c1-2-3-7(4,5)6;3-1-2-4/h2-3H2,1H3,(H,4,5,6);4H,1-3H2. The van der Waals surface area contributed by atoms with Crippen molar-refractivity contribution in [1.29, 1.82) is 0 Å². The van der Waals surface area contributed by atoms with Crippen molar-refractivity contribution < 1.29 is 18.1 Å². The highest BCUT2D eigenvalue weighted by molar-refractivity contribution is 7.85. The first kappa shape index (κ1) is 13.4. The predicted octanol–water partition coefficient (Wildman–Crippen LogP) is -0.778. The lowest BCUT2D eigenvalue weighted by Gasteiger charge is -1.85. The van der Waals surface area contributed by atoms with Gasteiger partial charge in [0.05, 0.1) is 12.4 Å². The highest BCUT2D eigenvalue weighted by Gasteiger charge is 1.98. The first-order chi connectivity index (χ1) is 4.97. The van der Waals surface area contributed by atoms with Gasteiger partial charge in [-0.2, -0.15) is 8.42 Å². The van der Waals surface area contributed by atoms with Crippen molar-refractivity contribution in [3.63, 3.8) is 0 Å². The van der Waals surface area contributed by atoms with Gasteiger partial charge in [0, 0.05) is 6.54 Å². The third-order valence-corrected chi connectivity index (χ3v) is 1.52. The van der Waals surface area contributed by atoms with Gasteiger partial charge in [-0.15, -0.1) is 0 Å². The zero-order chi connectivity index (χ0) is 9.33.